The third-order valence-electron chi connectivity index (χ3n) is 2.65. The topological polar surface area (TPSA) is 58.6 Å². The van der Waals surface area contributed by atoms with Crippen LogP contribution >= 0.6 is 0 Å². The molecule has 0 saturated heterocycles. The van der Waals surface area contributed by atoms with Crippen LogP contribution in [0.2, 0.25) is 0 Å². The molecule has 1 aromatic carbocycles. The molecule has 1 aromatic rings. The van der Waals surface area contributed by atoms with Gasteiger partial charge in [-0.2, -0.15) is 0 Å². The lowest BCUT2D eigenvalue weighted by atomic mass is 9.98. The Morgan fingerprint density at radius 3 is 3.07 bits per heavy atom. The van der Waals surface area contributed by atoms with Gasteiger partial charge in [-0.3, -0.25) is 0 Å². The second-order valence-corrected chi connectivity index (χ2v) is 3.51. The number of benzene rings is 1. The maximum absolute atomic E-state index is 11.0. The zero-order valence-corrected chi connectivity index (χ0v) is 8.49. The second-order valence-electron chi connectivity index (χ2n) is 3.51. The van der Waals surface area contributed by atoms with E-state index in [0.717, 1.165) is 12.0 Å². The molecule has 0 amide bonds. The first-order chi connectivity index (χ1) is 7.24. The summed E-state index contributed by atoms with van der Waals surface area (Å²) in [4.78, 5) is 11.0. The Bertz CT molecular complexity index is 389. The first-order valence-corrected chi connectivity index (χ1v) is 4.90. The highest BCUT2D eigenvalue weighted by molar-refractivity contribution is 5.91. The van der Waals surface area contributed by atoms with Crippen molar-refractivity contribution in [3.05, 3.63) is 29.3 Å². The summed E-state index contributed by atoms with van der Waals surface area (Å²) >= 11 is 0. The van der Waals surface area contributed by atoms with E-state index in [1.165, 1.54) is 0 Å². The predicted molar refractivity (Wildman–Crippen MR) is 55.3 cm³/mol. The molecule has 0 bridgehead atoms. The number of nitrogens with one attached hydrogen (secondary N) is 1. The minimum atomic E-state index is -0.941. The molecule has 0 aliphatic carbocycles. The standard InChI is InChI=1S/C11H13NO3/c1-12-9-5-6-15-10-7(9)3-2-4-8(10)11(13)14/h2-4,9,12H,5-6H2,1H3,(H,13,14). The smallest absolute Gasteiger partial charge is 0.339 e. The number of para-hydroxylation sites is 1. The number of rotatable bonds is 2. The third-order valence-corrected chi connectivity index (χ3v) is 2.65. The number of fused-ring (bicyclic) bond motifs is 1. The van der Waals surface area contributed by atoms with E-state index in [1.807, 2.05) is 13.1 Å². The monoisotopic (exact) mass is 207 g/mol. The first kappa shape index (κ1) is 9.98. The van der Waals surface area contributed by atoms with Gasteiger partial charge in [0.1, 0.15) is 11.3 Å². The van der Waals surface area contributed by atoms with Crippen LogP contribution in [0.5, 0.6) is 5.75 Å². The maximum Gasteiger partial charge on any atom is 0.339 e. The van der Waals surface area contributed by atoms with Crippen LogP contribution in [0.3, 0.4) is 0 Å². The van der Waals surface area contributed by atoms with Gasteiger partial charge < -0.3 is 15.2 Å². The molecule has 4 heteroatoms. The quantitative estimate of drug-likeness (QED) is 0.770. The summed E-state index contributed by atoms with van der Waals surface area (Å²) in [6, 6.07) is 5.41. The van der Waals surface area contributed by atoms with E-state index in [9.17, 15) is 4.79 Å². The molecule has 2 rings (SSSR count). The van der Waals surface area contributed by atoms with Gasteiger partial charge in [-0.25, -0.2) is 4.79 Å². The molecule has 15 heavy (non-hydrogen) atoms. The van der Waals surface area contributed by atoms with Gasteiger partial charge in [0.2, 0.25) is 0 Å². The minimum Gasteiger partial charge on any atom is -0.492 e. The number of hydrogen-bond donors (Lipinski definition) is 2. The van der Waals surface area contributed by atoms with E-state index in [4.69, 9.17) is 9.84 Å². The lowest BCUT2D eigenvalue weighted by molar-refractivity contribution is 0.0690. The Morgan fingerprint density at radius 2 is 2.40 bits per heavy atom. The van der Waals surface area contributed by atoms with E-state index < -0.39 is 5.97 Å². The van der Waals surface area contributed by atoms with Crippen molar-refractivity contribution in [3.63, 3.8) is 0 Å². The van der Waals surface area contributed by atoms with Gasteiger partial charge in [-0.1, -0.05) is 12.1 Å². The van der Waals surface area contributed by atoms with Crippen LogP contribution in [0, 0.1) is 0 Å². The molecule has 0 aromatic heterocycles. The van der Waals surface area contributed by atoms with Crippen LogP contribution in [-0.4, -0.2) is 24.7 Å². The fraction of sp³-hybridized carbons (Fsp3) is 0.364. The van der Waals surface area contributed by atoms with Crippen molar-refractivity contribution in [2.24, 2.45) is 0 Å². The number of carbonyl (C=O) groups is 1. The van der Waals surface area contributed by atoms with Crippen molar-refractivity contribution in [1.29, 1.82) is 0 Å². The zero-order valence-electron chi connectivity index (χ0n) is 8.49. The molecule has 1 aliphatic heterocycles. The van der Waals surface area contributed by atoms with E-state index in [2.05, 4.69) is 5.32 Å². The van der Waals surface area contributed by atoms with E-state index in [-0.39, 0.29) is 11.6 Å². The van der Waals surface area contributed by atoms with Gasteiger partial charge in [-0.15, -0.1) is 0 Å². The Kier molecular flexibility index (Phi) is 2.60. The molecule has 80 valence electrons. The zero-order chi connectivity index (χ0) is 10.8. The Hall–Kier alpha value is -1.55. The average molecular weight is 207 g/mol. The molecule has 2 N–H and O–H groups in total. The molecular formula is C11H13NO3. The van der Waals surface area contributed by atoms with Crippen LogP contribution < -0.4 is 10.1 Å². The van der Waals surface area contributed by atoms with Crippen LogP contribution in [0.25, 0.3) is 0 Å². The molecular weight excluding hydrogens is 194 g/mol. The molecule has 0 saturated carbocycles. The van der Waals surface area contributed by atoms with Gasteiger partial charge in [0.05, 0.1) is 6.61 Å². The average Bonchev–Trinajstić information content (AvgIpc) is 2.27. The van der Waals surface area contributed by atoms with Crippen LogP contribution in [0.4, 0.5) is 0 Å². The summed E-state index contributed by atoms with van der Waals surface area (Å²) in [6.45, 7) is 0.558. The molecule has 0 spiro atoms. The lowest BCUT2D eigenvalue weighted by Crippen LogP contribution is -2.25. The second kappa shape index (κ2) is 3.90. The van der Waals surface area contributed by atoms with Gasteiger partial charge in [0.25, 0.3) is 0 Å². The Morgan fingerprint density at radius 1 is 1.60 bits per heavy atom. The molecule has 0 fully saturated rings. The van der Waals surface area contributed by atoms with E-state index in [1.54, 1.807) is 12.1 Å². The summed E-state index contributed by atoms with van der Waals surface area (Å²) in [5.41, 5.74) is 1.18. The van der Waals surface area contributed by atoms with Crippen LogP contribution in [-0.2, 0) is 0 Å². The van der Waals surface area contributed by atoms with Gasteiger partial charge in [0, 0.05) is 18.0 Å². The highest BCUT2D eigenvalue weighted by Crippen LogP contribution is 2.34. The molecule has 1 heterocycles. The molecule has 1 aliphatic rings. The number of ether oxygens (including phenoxy) is 1. The molecule has 1 unspecified atom stereocenters. The van der Waals surface area contributed by atoms with Gasteiger partial charge in [-0.05, 0) is 13.1 Å². The van der Waals surface area contributed by atoms with Crippen molar-refractivity contribution >= 4 is 5.97 Å². The summed E-state index contributed by atoms with van der Waals surface area (Å²) in [7, 11) is 1.87. The first-order valence-electron chi connectivity index (χ1n) is 4.90. The van der Waals surface area contributed by atoms with E-state index >= 15 is 0 Å². The third kappa shape index (κ3) is 1.68. The highest BCUT2D eigenvalue weighted by Gasteiger charge is 2.24. The Labute approximate surface area is 87.9 Å². The van der Waals surface area contributed by atoms with Crippen LogP contribution in [0.1, 0.15) is 28.4 Å². The normalized spacial score (nSPS) is 19.1. The van der Waals surface area contributed by atoms with Crippen molar-refractivity contribution < 1.29 is 14.6 Å². The predicted octanol–water partition coefficient (Wildman–Crippen LogP) is 1.43. The number of carboxylic acid groups (broad SMARTS) is 1. The summed E-state index contributed by atoms with van der Waals surface area (Å²) in [5.74, 6) is -0.431. The molecule has 1 atom stereocenters. The minimum absolute atomic E-state index is 0.188. The number of hydrogen-bond acceptors (Lipinski definition) is 3. The van der Waals surface area contributed by atoms with Crippen molar-refractivity contribution in [1.82, 2.24) is 5.32 Å². The van der Waals surface area contributed by atoms with Crippen molar-refractivity contribution in [3.8, 4) is 5.75 Å². The number of aromatic carboxylic acids is 1. The largest absolute Gasteiger partial charge is 0.492 e. The molecule has 0 radical (unpaired) electrons. The van der Waals surface area contributed by atoms with Gasteiger partial charge in [0.15, 0.2) is 0 Å². The van der Waals surface area contributed by atoms with Crippen LogP contribution in [0.15, 0.2) is 18.2 Å². The van der Waals surface area contributed by atoms with Crippen molar-refractivity contribution in [2.75, 3.05) is 13.7 Å². The Balaban J connectivity index is 2.50. The maximum atomic E-state index is 11.0. The summed E-state index contributed by atoms with van der Waals surface area (Å²) < 4.78 is 5.43. The summed E-state index contributed by atoms with van der Waals surface area (Å²) in [5, 5.41) is 12.2. The number of carboxylic acids is 1. The lowest BCUT2D eigenvalue weighted by Gasteiger charge is -2.26. The summed E-state index contributed by atoms with van der Waals surface area (Å²) in [6.07, 6.45) is 0.868. The SMILES string of the molecule is CNC1CCOc2c(C(=O)O)cccc21. The molecule has 4 nitrogen and oxygen atoms in total. The van der Waals surface area contributed by atoms with Gasteiger partial charge >= 0.3 is 5.97 Å². The fourth-order valence-electron chi connectivity index (χ4n) is 1.89. The van der Waals surface area contributed by atoms with Crippen molar-refractivity contribution in [2.45, 2.75) is 12.5 Å². The fourth-order valence-corrected chi connectivity index (χ4v) is 1.89. The highest BCUT2D eigenvalue weighted by atomic mass is 16.5. The van der Waals surface area contributed by atoms with E-state index in [0.29, 0.717) is 12.4 Å².